The van der Waals surface area contributed by atoms with Crippen LogP contribution in [0.1, 0.15) is 23.4 Å². The van der Waals surface area contributed by atoms with Gasteiger partial charge in [0.1, 0.15) is 5.69 Å². The third-order valence-electron chi connectivity index (χ3n) is 1.77. The maximum Gasteiger partial charge on any atom is 0.419 e. The third kappa shape index (κ3) is 2.78. The Morgan fingerprint density at radius 3 is 2.31 bits per heavy atom. The number of nitrogens with zero attached hydrogens (tertiary/aromatic N) is 1. The number of nitrogens with two attached hydrogens (primary N) is 1. The molecule has 0 radical (unpaired) electrons. The van der Waals surface area contributed by atoms with Crippen LogP contribution in [0.15, 0.2) is 6.07 Å². The summed E-state index contributed by atoms with van der Waals surface area (Å²) >= 11 is 1.34. The molecule has 0 aliphatic carbocycles. The summed E-state index contributed by atoms with van der Waals surface area (Å²) in [6.07, 6.45) is -7.56. The number of hydrogen-bond acceptors (Lipinski definition) is 2. The SMILES string of the molecule is NCc1nc(C(F)F)cc(I)c1C(F)(F)F. The van der Waals surface area contributed by atoms with Gasteiger partial charge in [0.2, 0.25) is 0 Å². The first-order valence-corrected chi connectivity index (χ1v) is 5.10. The van der Waals surface area contributed by atoms with E-state index in [0.717, 1.165) is 0 Å². The van der Waals surface area contributed by atoms with E-state index in [1.165, 1.54) is 22.6 Å². The Kier molecular flexibility index (Phi) is 4.05. The second-order valence-electron chi connectivity index (χ2n) is 2.85. The molecule has 0 fully saturated rings. The molecular formula is C8H6F5IN2. The molecular weight excluding hydrogens is 346 g/mol. The fourth-order valence-electron chi connectivity index (χ4n) is 1.14. The summed E-state index contributed by atoms with van der Waals surface area (Å²) in [5, 5.41) is 0. The maximum atomic E-state index is 12.5. The molecule has 2 N–H and O–H groups in total. The molecule has 8 heteroatoms. The van der Waals surface area contributed by atoms with Crippen molar-refractivity contribution in [2.75, 3.05) is 0 Å². The molecule has 0 aliphatic heterocycles. The average Bonchev–Trinajstić information content (AvgIpc) is 2.14. The number of rotatable bonds is 2. The molecule has 2 nitrogen and oxygen atoms in total. The maximum absolute atomic E-state index is 12.5. The van der Waals surface area contributed by atoms with Crippen molar-refractivity contribution in [3.05, 3.63) is 26.6 Å². The van der Waals surface area contributed by atoms with Gasteiger partial charge in [0, 0.05) is 10.1 Å². The van der Waals surface area contributed by atoms with Crippen LogP contribution in [0.4, 0.5) is 22.0 Å². The Bertz CT molecular complexity index is 391. The van der Waals surface area contributed by atoms with Crippen molar-refractivity contribution in [3.8, 4) is 0 Å². The lowest BCUT2D eigenvalue weighted by Gasteiger charge is -2.14. The van der Waals surface area contributed by atoms with E-state index in [1.807, 2.05) is 0 Å². The van der Waals surface area contributed by atoms with Gasteiger partial charge in [-0.2, -0.15) is 13.2 Å². The molecule has 90 valence electrons. The number of aromatic nitrogens is 1. The zero-order chi connectivity index (χ0) is 12.5. The Morgan fingerprint density at radius 1 is 1.38 bits per heavy atom. The molecule has 0 amide bonds. The number of hydrogen-bond donors (Lipinski definition) is 1. The van der Waals surface area contributed by atoms with Crippen LogP contribution in [0.3, 0.4) is 0 Å². The van der Waals surface area contributed by atoms with Gasteiger partial charge in [-0.15, -0.1) is 0 Å². The zero-order valence-electron chi connectivity index (χ0n) is 7.65. The summed E-state index contributed by atoms with van der Waals surface area (Å²) in [5.74, 6) is 0. The Balaban J connectivity index is 3.41. The van der Waals surface area contributed by atoms with Crippen LogP contribution in [0.5, 0.6) is 0 Å². The van der Waals surface area contributed by atoms with E-state index in [-0.39, 0.29) is 3.57 Å². The lowest BCUT2D eigenvalue weighted by Crippen LogP contribution is -2.17. The zero-order valence-corrected chi connectivity index (χ0v) is 9.81. The van der Waals surface area contributed by atoms with Crippen LogP contribution in [-0.4, -0.2) is 4.98 Å². The highest BCUT2D eigenvalue weighted by Gasteiger charge is 2.37. The summed E-state index contributed by atoms with van der Waals surface area (Å²) in [6.45, 7) is -0.536. The van der Waals surface area contributed by atoms with E-state index in [1.54, 1.807) is 0 Å². The lowest BCUT2D eigenvalue weighted by molar-refractivity contribution is -0.139. The Labute approximate surface area is 101 Å². The van der Waals surface area contributed by atoms with E-state index < -0.39 is 36.1 Å². The fraction of sp³-hybridized carbons (Fsp3) is 0.375. The predicted molar refractivity (Wildman–Crippen MR) is 54.8 cm³/mol. The van der Waals surface area contributed by atoms with Gasteiger partial charge in [0.25, 0.3) is 6.43 Å². The van der Waals surface area contributed by atoms with Crippen LogP contribution in [0.2, 0.25) is 0 Å². The van der Waals surface area contributed by atoms with E-state index in [2.05, 4.69) is 4.98 Å². The molecule has 1 heterocycles. The second kappa shape index (κ2) is 4.78. The quantitative estimate of drug-likeness (QED) is 0.656. The molecule has 0 aliphatic rings. The van der Waals surface area contributed by atoms with Crippen molar-refractivity contribution in [2.24, 2.45) is 5.73 Å². The second-order valence-corrected chi connectivity index (χ2v) is 4.02. The molecule has 1 aromatic heterocycles. The van der Waals surface area contributed by atoms with Crippen LogP contribution >= 0.6 is 22.6 Å². The molecule has 1 rings (SSSR count). The molecule has 0 saturated carbocycles. The van der Waals surface area contributed by atoms with Gasteiger partial charge in [-0.1, -0.05) is 0 Å². The highest BCUT2D eigenvalue weighted by atomic mass is 127. The van der Waals surface area contributed by atoms with Crippen LogP contribution in [-0.2, 0) is 12.7 Å². The summed E-state index contributed by atoms with van der Waals surface area (Å²) < 4.78 is 61.9. The number of halogens is 6. The van der Waals surface area contributed by atoms with Crippen molar-refractivity contribution < 1.29 is 22.0 Å². The number of pyridine rings is 1. The number of alkyl halides is 5. The summed E-state index contributed by atoms with van der Waals surface area (Å²) in [5.41, 5.74) is 2.78. The standard InChI is InChI=1S/C8H6F5IN2/c9-7(10)4-1-3(14)6(8(11,12)13)5(2-15)16-4/h1,7H,2,15H2. The first-order valence-electron chi connectivity index (χ1n) is 4.02. The van der Waals surface area contributed by atoms with Gasteiger partial charge in [0.05, 0.1) is 11.3 Å². The monoisotopic (exact) mass is 352 g/mol. The van der Waals surface area contributed by atoms with Crippen molar-refractivity contribution in [3.63, 3.8) is 0 Å². The third-order valence-corrected chi connectivity index (χ3v) is 2.62. The first-order chi connectivity index (χ1) is 7.27. The van der Waals surface area contributed by atoms with Crippen molar-refractivity contribution in [1.82, 2.24) is 4.98 Å². The van der Waals surface area contributed by atoms with Crippen LogP contribution < -0.4 is 5.73 Å². The molecule has 0 saturated heterocycles. The minimum atomic E-state index is -4.64. The topological polar surface area (TPSA) is 38.9 Å². The molecule has 0 bridgehead atoms. The highest BCUT2D eigenvalue weighted by Crippen LogP contribution is 2.36. The fourth-order valence-corrected chi connectivity index (χ4v) is 2.08. The summed E-state index contributed by atoms with van der Waals surface area (Å²) in [6, 6.07) is 0.715. The lowest BCUT2D eigenvalue weighted by atomic mass is 10.1. The van der Waals surface area contributed by atoms with Gasteiger partial charge in [-0.05, 0) is 28.7 Å². The van der Waals surface area contributed by atoms with Crippen molar-refractivity contribution in [1.29, 1.82) is 0 Å². The van der Waals surface area contributed by atoms with Gasteiger partial charge < -0.3 is 5.73 Å². The van der Waals surface area contributed by atoms with E-state index >= 15 is 0 Å². The normalized spacial score (nSPS) is 12.2. The average molecular weight is 352 g/mol. The molecule has 0 spiro atoms. The van der Waals surface area contributed by atoms with Gasteiger partial charge in [-0.3, -0.25) is 0 Å². The molecule has 16 heavy (non-hydrogen) atoms. The van der Waals surface area contributed by atoms with Gasteiger partial charge in [0.15, 0.2) is 0 Å². The molecule has 0 atom stereocenters. The molecule has 0 unspecified atom stereocenters. The molecule has 1 aromatic rings. The predicted octanol–water partition coefficient (Wildman–Crippen LogP) is 3.10. The van der Waals surface area contributed by atoms with Gasteiger partial charge in [-0.25, -0.2) is 13.8 Å². The molecule has 0 aromatic carbocycles. The summed E-state index contributed by atoms with van der Waals surface area (Å²) in [7, 11) is 0. The largest absolute Gasteiger partial charge is 0.419 e. The first kappa shape index (κ1) is 13.6. The smallest absolute Gasteiger partial charge is 0.325 e. The van der Waals surface area contributed by atoms with Crippen LogP contribution in [0.25, 0.3) is 0 Å². The van der Waals surface area contributed by atoms with Gasteiger partial charge >= 0.3 is 6.18 Å². The van der Waals surface area contributed by atoms with Crippen molar-refractivity contribution >= 4 is 22.6 Å². The van der Waals surface area contributed by atoms with E-state index in [0.29, 0.717) is 6.07 Å². The van der Waals surface area contributed by atoms with E-state index in [9.17, 15) is 22.0 Å². The van der Waals surface area contributed by atoms with Crippen LogP contribution in [0, 0.1) is 3.57 Å². The highest BCUT2D eigenvalue weighted by molar-refractivity contribution is 14.1. The minimum absolute atomic E-state index is 0.323. The van der Waals surface area contributed by atoms with E-state index in [4.69, 9.17) is 5.73 Å². The van der Waals surface area contributed by atoms with Crippen molar-refractivity contribution in [2.45, 2.75) is 19.1 Å². The minimum Gasteiger partial charge on any atom is -0.325 e. The summed E-state index contributed by atoms with van der Waals surface area (Å²) in [4.78, 5) is 3.22. The Morgan fingerprint density at radius 2 is 1.94 bits per heavy atom. The Hall–Kier alpha value is -0.510.